The summed E-state index contributed by atoms with van der Waals surface area (Å²) in [5.74, 6) is -0.0863. The van der Waals surface area contributed by atoms with E-state index in [1.165, 1.54) is 11.3 Å². The van der Waals surface area contributed by atoms with Gasteiger partial charge in [-0.05, 0) is 73.2 Å². The molecule has 2 aromatic carbocycles. The number of carboxylic acid groups (broad SMARTS) is 1. The molecule has 0 radical (unpaired) electrons. The highest BCUT2D eigenvalue weighted by Gasteiger charge is 2.31. The van der Waals surface area contributed by atoms with Crippen molar-refractivity contribution in [3.63, 3.8) is 0 Å². The van der Waals surface area contributed by atoms with Crippen LogP contribution < -0.4 is 4.74 Å². The minimum Gasteiger partial charge on any atom is -0.487 e. The van der Waals surface area contributed by atoms with Gasteiger partial charge in [-0.3, -0.25) is 4.79 Å². The average Bonchev–Trinajstić information content (AvgIpc) is 3.38. The molecule has 2 N–H and O–H groups in total. The number of hydrogen-bond donors (Lipinski definition) is 2. The van der Waals surface area contributed by atoms with Crippen LogP contribution in [0.25, 0.3) is 21.1 Å². The normalized spacial score (nSPS) is 12.4. The van der Waals surface area contributed by atoms with E-state index in [2.05, 4.69) is 25.8 Å². The van der Waals surface area contributed by atoms with E-state index in [4.69, 9.17) is 44.5 Å². The van der Waals surface area contributed by atoms with Crippen molar-refractivity contribution in [2.45, 2.75) is 60.5 Å². The number of nitrogens with one attached hydrogen (secondary N) is 1. The number of aromatic amines is 1. The average molecular weight is 644 g/mol. The Kier molecular flexibility index (Phi) is 8.56. The molecule has 3 heterocycles. The summed E-state index contributed by atoms with van der Waals surface area (Å²) in [7, 11) is 0. The van der Waals surface area contributed by atoms with Crippen LogP contribution in [0.15, 0.2) is 48.5 Å². The van der Waals surface area contributed by atoms with E-state index in [1.807, 2.05) is 48.5 Å². The lowest BCUT2D eigenvalue weighted by molar-refractivity contribution is -0.146. The zero-order valence-electron chi connectivity index (χ0n) is 24.2. The molecule has 0 bridgehead atoms. The molecule has 0 amide bonds. The second-order valence-electron chi connectivity index (χ2n) is 12.6. The van der Waals surface area contributed by atoms with E-state index >= 15 is 0 Å². The van der Waals surface area contributed by atoms with Crippen molar-refractivity contribution in [3.05, 3.63) is 91.0 Å². The molecule has 0 aliphatic carbocycles. The smallest absolute Gasteiger partial charge is 0.309 e. The van der Waals surface area contributed by atoms with E-state index in [-0.39, 0.29) is 12.0 Å². The van der Waals surface area contributed by atoms with Gasteiger partial charge in [-0.2, -0.15) is 0 Å². The summed E-state index contributed by atoms with van der Waals surface area (Å²) in [4.78, 5) is 20.4. The van der Waals surface area contributed by atoms with E-state index in [0.717, 1.165) is 55.9 Å². The van der Waals surface area contributed by atoms with E-state index in [9.17, 15) is 9.90 Å². The Labute approximate surface area is 264 Å². The molecule has 5 rings (SSSR count). The second kappa shape index (κ2) is 11.7. The van der Waals surface area contributed by atoms with Gasteiger partial charge in [-0.25, -0.2) is 4.98 Å². The van der Waals surface area contributed by atoms with Crippen LogP contribution in [-0.2, 0) is 30.7 Å². The standard InChI is InChI=1S/C33H33Cl3N2O3S/c1-32(2,3)15-22-24(16-33(4,5)31(39)40)38-23-11-12-25(21(27(22)23)14-18-6-8-19(34)9-7-18)41-17-20-10-13-26-29(37-20)28(35)30(36)42-26/h6-13,38H,14-17H2,1-5H3,(H,39,40). The monoisotopic (exact) mass is 642 g/mol. The fraction of sp³-hybridized carbons (Fsp3) is 0.333. The lowest BCUT2D eigenvalue weighted by Crippen LogP contribution is -2.27. The maximum absolute atomic E-state index is 12.1. The number of nitrogens with zero attached hydrogens (tertiary/aromatic N) is 1. The Morgan fingerprint density at radius 3 is 2.33 bits per heavy atom. The van der Waals surface area contributed by atoms with E-state index in [1.54, 1.807) is 13.8 Å². The van der Waals surface area contributed by atoms with Gasteiger partial charge >= 0.3 is 5.97 Å². The Morgan fingerprint density at radius 1 is 0.952 bits per heavy atom. The molecule has 5 aromatic rings. The second-order valence-corrected chi connectivity index (χ2v) is 15.0. The Bertz CT molecular complexity index is 1780. The first-order chi connectivity index (χ1) is 19.7. The van der Waals surface area contributed by atoms with Crippen LogP contribution >= 0.6 is 46.1 Å². The molecular formula is C33H33Cl3N2O3S. The third-order valence-electron chi connectivity index (χ3n) is 7.29. The quantitative estimate of drug-likeness (QED) is 0.168. The van der Waals surface area contributed by atoms with Gasteiger partial charge in [-0.15, -0.1) is 11.3 Å². The third-order valence-corrected chi connectivity index (χ3v) is 9.47. The highest BCUT2D eigenvalue weighted by atomic mass is 35.5. The minimum absolute atomic E-state index is 0.0357. The number of carboxylic acids is 1. The van der Waals surface area contributed by atoms with Crippen LogP contribution in [0.2, 0.25) is 14.4 Å². The van der Waals surface area contributed by atoms with Gasteiger partial charge in [0.15, 0.2) is 0 Å². The topological polar surface area (TPSA) is 75.2 Å². The first-order valence-corrected chi connectivity index (χ1v) is 15.7. The lowest BCUT2D eigenvalue weighted by atomic mass is 9.81. The highest BCUT2D eigenvalue weighted by molar-refractivity contribution is 7.23. The Hall–Kier alpha value is -2.77. The van der Waals surface area contributed by atoms with Crippen molar-refractivity contribution in [1.82, 2.24) is 9.97 Å². The van der Waals surface area contributed by atoms with Gasteiger partial charge < -0.3 is 14.8 Å². The van der Waals surface area contributed by atoms with Crippen LogP contribution in [0.4, 0.5) is 0 Å². The molecule has 9 heteroatoms. The molecule has 0 unspecified atom stereocenters. The summed E-state index contributed by atoms with van der Waals surface area (Å²) in [6.45, 7) is 10.4. The molecule has 220 valence electrons. The number of halogens is 3. The fourth-order valence-electron chi connectivity index (χ4n) is 5.17. The predicted molar refractivity (Wildman–Crippen MR) is 175 cm³/mol. The number of thiophene rings is 1. The summed E-state index contributed by atoms with van der Waals surface area (Å²) in [6, 6.07) is 15.7. The summed E-state index contributed by atoms with van der Waals surface area (Å²) < 4.78 is 7.93. The van der Waals surface area contributed by atoms with E-state index in [0.29, 0.717) is 32.7 Å². The van der Waals surface area contributed by atoms with Crippen molar-refractivity contribution in [2.24, 2.45) is 10.8 Å². The van der Waals surface area contributed by atoms with Gasteiger partial charge in [0.1, 0.15) is 22.2 Å². The molecule has 0 spiro atoms. The number of H-pyrrole nitrogens is 1. The Balaban J connectivity index is 1.63. The van der Waals surface area contributed by atoms with Crippen LogP contribution in [0.1, 0.15) is 62.7 Å². The summed E-state index contributed by atoms with van der Waals surface area (Å²) >= 11 is 20.2. The molecular weight excluding hydrogens is 611 g/mol. The predicted octanol–water partition coefficient (Wildman–Crippen LogP) is 10.1. The SMILES string of the molecule is CC(C)(C)Cc1c(CC(C)(C)C(=O)O)[nH]c2ccc(OCc3ccc4sc(Cl)c(Cl)c4n3)c(Cc3ccc(Cl)cc3)c12. The number of carbonyl (C=O) groups is 1. The molecule has 0 aliphatic rings. The molecule has 0 saturated heterocycles. The molecule has 0 aliphatic heterocycles. The van der Waals surface area contributed by atoms with E-state index < -0.39 is 11.4 Å². The van der Waals surface area contributed by atoms with Crippen LogP contribution in [-0.4, -0.2) is 21.0 Å². The zero-order chi connectivity index (χ0) is 30.4. The molecule has 3 aromatic heterocycles. The first-order valence-electron chi connectivity index (χ1n) is 13.7. The van der Waals surface area contributed by atoms with Crippen molar-refractivity contribution < 1.29 is 14.6 Å². The van der Waals surface area contributed by atoms with Crippen LogP contribution in [0.3, 0.4) is 0 Å². The molecule has 42 heavy (non-hydrogen) atoms. The molecule has 0 atom stereocenters. The van der Waals surface area contributed by atoms with Crippen LogP contribution in [0, 0.1) is 10.8 Å². The number of ether oxygens (including phenoxy) is 1. The van der Waals surface area contributed by atoms with Crippen LogP contribution in [0.5, 0.6) is 5.75 Å². The summed E-state index contributed by atoms with van der Waals surface area (Å²) in [6.07, 6.45) is 1.76. The van der Waals surface area contributed by atoms with Gasteiger partial charge in [0.05, 0.1) is 20.8 Å². The minimum atomic E-state index is -0.931. The number of hydrogen-bond acceptors (Lipinski definition) is 4. The molecule has 0 saturated carbocycles. The summed E-state index contributed by atoms with van der Waals surface area (Å²) in [5, 5.41) is 12.1. The Morgan fingerprint density at radius 2 is 1.67 bits per heavy atom. The zero-order valence-corrected chi connectivity index (χ0v) is 27.3. The largest absolute Gasteiger partial charge is 0.487 e. The van der Waals surface area contributed by atoms with Gasteiger partial charge in [-0.1, -0.05) is 67.7 Å². The van der Waals surface area contributed by atoms with Crippen molar-refractivity contribution >= 4 is 73.2 Å². The first kappa shape index (κ1) is 30.7. The molecule has 0 fully saturated rings. The number of aromatic nitrogens is 2. The summed E-state index contributed by atoms with van der Waals surface area (Å²) in [5.41, 5.74) is 5.59. The van der Waals surface area contributed by atoms with Gasteiger partial charge in [0.25, 0.3) is 0 Å². The highest BCUT2D eigenvalue weighted by Crippen LogP contribution is 2.40. The maximum Gasteiger partial charge on any atom is 0.309 e. The molecule has 5 nitrogen and oxygen atoms in total. The van der Waals surface area contributed by atoms with Crippen molar-refractivity contribution in [3.8, 4) is 5.75 Å². The number of benzene rings is 2. The van der Waals surface area contributed by atoms with Crippen molar-refractivity contribution in [2.75, 3.05) is 0 Å². The third kappa shape index (κ3) is 6.57. The lowest BCUT2D eigenvalue weighted by Gasteiger charge is -2.23. The van der Waals surface area contributed by atoms with Gasteiger partial charge in [0, 0.05) is 40.0 Å². The number of rotatable bonds is 9. The number of fused-ring (bicyclic) bond motifs is 2. The number of pyridine rings is 1. The van der Waals surface area contributed by atoms with Crippen molar-refractivity contribution in [1.29, 1.82) is 0 Å². The number of aliphatic carboxylic acids is 1. The maximum atomic E-state index is 12.1. The van der Waals surface area contributed by atoms with Gasteiger partial charge in [0.2, 0.25) is 0 Å². The fourth-order valence-corrected chi connectivity index (χ4v) is 6.71.